The van der Waals surface area contributed by atoms with E-state index >= 15 is 0 Å². The second-order valence-electron chi connectivity index (χ2n) is 8.14. The molecule has 4 aromatic rings. The zero-order chi connectivity index (χ0) is 27.1. The van der Waals surface area contributed by atoms with Crippen molar-refractivity contribution >= 4 is 61.8 Å². The van der Waals surface area contributed by atoms with Crippen molar-refractivity contribution in [2.45, 2.75) is 20.0 Å². The molecule has 0 saturated heterocycles. The molecule has 1 amide bonds. The van der Waals surface area contributed by atoms with E-state index in [1.165, 1.54) is 29.7 Å². The fraction of sp³-hybridized carbons (Fsp3) is 0.143. The van der Waals surface area contributed by atoms with Crippen molar-refractivity contribution in [1.29, 1.82) is 0 Å². The second kappa shape index (κ2) is 12.7. The van der Waals surface area contributed by atoms with Crippen LogP contribution in [0.1, 0.15) is 33.3 Å². The zero-order valence-electron chi connectivity index (χ0n) is 20.5. The lowest BCUT2D eigenvalue weighted by atomic mass is 10.1. The van der Waals surface area contributed by atoms with Crippen LogP contribution in [0.15, 0.2) is 78.4 Å². The summed E-state index contributed by atoms with van der Waals surface area (Å²) in [6, 6.07) is 18.0. The summed E-state index contributed by atoms with van der Waals surface area (Å²) in [6.07, 6.45) is 3.88. The summed E-state index contributed by atoms with van der Waals surface area (Å²) in [4.78, 5) is 23.6. The Morgan fingerprint density at radius 2 is 1.95 bits per heavy atom. The molecule has 8 nitrogen and oxygen atoms in total. The molecule has 0 radical (unpaired) electrons. The quantitative estimate of drug-likeness (QED) is 0.0632. The number of nitro benzene ring substituents is 1. The van der Waals surface area contributed by atoms with Gasteiger partial charge in [-0.3, -0.25) is 14.9 Å². The first kappa shape index (κ1) is 27.3. The predicted molar refractivity (Wildman–Crippen MR) is 159 cm³/mol. The number of amides is 1. The summed E-state index contributed by atoms with van der Waals surface area (Å²) < 4.78 is 14.0. The Balaban J connectivity index is 1.51. The molecule has 3 aromatic carbocycles. The van der Waals surface area contributed by atoms with Crippen LogP contribution in [-0.2, 0) is 13.0 Å². The number of carbonyl (C=O) groups is 1. The van der Waals surface area contributed by atoms with Gasteiger partial charge in [-0.2, -0.15) is 5.10 Å². The number of nitro groups is 1. The number of nitrogens with one attached hydrogen (secondary N) is 1. The van der Waals surface area contributed by atoms with Crippen LogP contribution in [0.25, 0.3) is 10.1 Å². The Kier molecular flexibility index (Phi) is 9.08. The Morgan fingerprint density at radius 1 is 1.16 bits per heavy atom. The minimum Gasteiger partial charge on any atom is -0.490 e. The van der Waals surface area contributed by atoms with Crippen LogP contribution in [0.5, 0.6) is 11.5 Å². The SMILES string of the molecule is C=CCc1cc(/C=N\NC(=O)c2cc3cc([N+](=O)[O-])ccc3s2)cc(OCC)c1OCc1ccc(I)cc1. The molecule has 0 unspecified atom stereocenters. The van der Waals surface area contributed by atoms with Gasteiger partial charge in [-0.1, -0.05) is 18.2 Å². The van der Waals surface area contributed by atoms with E-state index in [4.69, 9.17) is 9.47 Å². The van der Waals surface area contributed by atoms with E-state index in [1.807, 2.05) is 43.3 Å². The average molecular weight is 641 g/mol. The van der Waals surface area contributed by atoms with Crippen molar-refractivity contribution in [3.05, 3.63) is 109 Å². The maximum absolute atomic E-state index is 12.7. The number of hydrogen-bond acceptors (Lipinski definition) is 7. The maximum atomic E-state index is 12.7. The van der Waals surface area contributed by atoms with Crippen LogP contribution < -0.4 is 14.9 Å². The van der Waals surface area contributed by atoms with Gasteiger partial charge in [0, 0.05) is 31.4 Å². The summed E-state index contributed by atoms with van der Waals surface area (Å²) >= 11 is 3.50. The van der Waals surface area contributed by atoms with Crippen LogP contribution in [0.4, 0.5) is 5.69 Å². The van der Waals surface area contributed by atoms with Crippen LogP contribution in [-0.4, -0.2) is 23.7 Å². The van der Waals surface area contributed by atoms with Gasteiger partial charge in [-0.05, 0) is 83.5 Å². The maximum Gasteiger partial charge on any atom is 0.281 e. The summed E-state index contributed by atoms with van der Waals surface area (Å²) in [6.45, 7) is 6.60. The highest BCUT2D eigenvalue weighted by Crippen LogP contribution is 2.34. The number of carbonyl (C=O) groups excluding carboxylic acids is 1. The number of ether oxygens (including phenoxy) is 2. The van der Waals surface area contributed by atoms with Gasteiger partial charge in [0.25, 0.3) is 11.6 Å². The average Bonchev–Trinajstić information content (AvgIpc) is 3.33. The first-order chi connectivity index (χ1) is 18.4. The fourth-order valence-electron chi connectivity index (χ4n) is 3.70. The highest BCUT2D eigenvalue weighted by molar-refractivity contribution is 14.1. The molecule has 0 atom stereocenters. The fourth-order valence-corrected chi connectivity index (χ4v) is 5.00. The minimum absolute atomic E-state index is 0.0216. The summed E-state index contributed by atoms with van der Waals surface area (Å²) in [5.41, 5.74) is 5.16. The number of thiophene rings is 1. The van der Waals surface area contributed by atoms with Crippen molar-refractivity contribution in [1.82, 2.24) is 5.43 Å². The number of non-ortho nitro benzene ring substituents is 1. The molecule has 0 aliphatic heterocycles. The lowest BCUT2D eigenvalue weighted by Gasteiger charge is -2.17. The normalized spacial score (nSPS) is 11.0. The Hall–Kier alpha value is -3.77. The molecule has 0 aliphatic carbocycles. The molecule has 0 fully saturated rings. The van der Waals surface area contributed by atoms with Gasteiger partial charge in [0.1, 0.15) is 6.61 Å². The van der Waals surface area contributed by atoms with E-state index in [9.17, 15) is 14.9 Å². The largest absolute Gasteiger partial charge is 0.490 e. The van der Waals surface area contributed by atoms with Crippen LogP contribution in [0.3, 0.4) is 0 Å². The highest BCUT2D eigenvalue weighted by Gasteiger charge is 2.15. The number of hydrazone groups is 1. The molecule has 1 aromatic heterocycles. The standard InChI is InChI=1S/C28H24IN3O5S/c1-3-5-20-12-19(13-24(36-4-2)27(20)37-17-18-6-8-22(29)9-7-18)16-30-31-28(33)26-15-21-14-23(32(34)35)10-11-25(21)38-26/h3,6-16H,1,4-5,17H2,2H3,(H,31,33)/b30-16-. The van der Waals surface area contributed by atoms with Gasteiger partial charge >= 0.3 is 0 Å². The smallest absolute Gasteiger partial charge is 0.281 e. The highest BCUT2D eigenvalue weighted by atomic mass is 127. The lowest BCUT2D eigenvalue weighted by Crippen LogP contribution is -2.16. The molecule has 1 heterocycles. The number of fused-ring (bicyclic) bond motifs is 1. The summed E-state index contributed by atoms with van der Waals surface area (Å²) in [5, 5.41) is 15.8. The summed E-state index contributed by atoms with van der Waals surface area (Å²) in [5.74, 6) is 0.820. The third-order valence-electron chi connectivity index (χ3n) is 5.43. The topological polar surface area (TPSA) is 103 Å². The molecule has 38 heavy (non-hydrogen) atoms. The minimum atomic E-state index is -0.461. The predicted octanol–water partition coefficient (Wildman–Crippen LogP) is 6.88. The van der Waals surface area contributed by atoms with E-state index in [2.05, 4.69) is 39.7 Å². The van der Waals surface area contributed by atoms with E-state index in [1.54, 1.807) is 18.2 Å². The molecule has 0 aliphatic rings. The molecular formula is C28H24IN3O5S. The molecule has 4 rings (SSSR count). The van der Waals surface area contributed by atoms with E-state index < -0.39 is 10.8 Å². The van der Waals surface area contributed by atoms with Crippen molar-refractivity contribution in [2.24, 2.45) is 5.10 Å². The molecule has 10 heteroatoms. The number of nitrogens with zero attached hydrogens (tertiary/aromatic N) is 2. The van der Waals surface area contributed by atoms with Crippen LogP contribution in [0.2, 0.25) is 0 Å². The Bertz CT molecular complexity index is 1520. The van der Waals surface area contributed by atoms with Gasteiger partial charge in [-0.15, -0.1) is 17.9 Å². The lowest BCUT2D eigenvalue weighted by molar-refractivity contribution is -0.384. The number of allylic oxidation sites excluding steroid dienone is 1. The third-order valence-corrected chi connectivity index (χ3v) is 7.26. The van der Waals surface area contributed by atoms with E-state index in [0.29, 0.717) is 41.4 Å². The monoisotopic (exact) mass is 641 g/mol. The van der Waals surface area contributed by atoms with Crippen molar-refractivity contribution in [2.75, 3.05) is 6.61 Å². The summed E-state index contributed by atoms with van der Waals surface area (Å²) in [7, 11) is 0. The van der Waals surface area contributed by atoms with Gasteiger partial charge < -0.3 is 9.47 Å². The van der Waals surface area contributed by atoms with Crippen molar-refractivity contribution < 1.29 is 19.2 Å². The Morgan fingerprint density at radius 3 is 2.66 bits per heavy atom. The molecular weight excluding hydrogens is 617 g/mol. The van der Waals surface area contributed by atoms with E-state index in [0.717, 1.165) is 25.0 Å². The van der Waals surface area contributed by atoms with Gasteiger partial charge in [0.15, 0.2) is 11.5 Å². The molecule has 194 valence electrons. The first-order valence-electron chi connectivity index (χ1n) is 11.7. The molecule has 0 bridgehead atoms. The van der Waals surface area contributed by atoms with Gasteiger partial charge in [0.05, 0.1) is 22.6 Å². The number of halogens is 1. The first-order valence-corrected chi connectivity index (χ1v) is 13.6. The number of hydrogen-bond donors (Lipinski definition) is 1. The number of rotatable bonds is 11. The Labute approximate surface area is 237 Å². The van der Waals surface area contributed by atoms with E-state index in [-0.39, 0.29) is 5.69 Å². The van der Waals surface area contributed by atoms with Gasteiger partial charge in [-0.25, -0.2) is 5.43 Å². The molecule has 0 spiro atoms. The van der Waals surface area contributed by atoms with Crippen LogP contribution in [0, 0.1) is 13.7 Å². The number of benzene rings is 3. The van der Waals surface area contributed by atoms with Gasteiger partial charge in [0.2, 0.25) is 0 Å². The van der Waals surface area contributed by atoms with Crippen molar-refractivity contribution in [3.8, 4) is 11.5 Å². The molecule has 0 saturated carbocycles. The molecule has 1 N–H and O–H groups in total. The third kappa shape index (κ3) is 6.75. The van der Waals surface area contributed by atoms with Crippen molar-refractivity contribution in [3.63, 3.8) is 0 Å². The zero-order valence-corrected chi connectivity index (χ0v) is 23.5. The van der Waals surface area contributed by atoms with Crippen LogP contribution >= 0.6 is 33.9 Å². The second-order valence-corrected chi connectivity index (χ2v) is 10.5.